The van der Waals surface area contributed by atoms with Gasteiger partial charge in [0, 0.05) is 51.1 Å². The van der Waals surface area contributed by atoms with E-state index in [2.05, 4.69) is 62.3 Å². The van der Waals surface area contributed by atoms with Gasteiger partial charge in [0.05, 0.1) is 11.6 Å². The molecule has 2 aliphatic rings. The van der Waals surface area contributed by atoms with E-state index in [-0.39, 0.29) is 18.0 Å². The van der Waals surface area contributed by atoms with Crippen molar-refractivity contribution in [3.63, 3.8) is 0 Å². The summed E-state index contributed by atoms with van der Waals surface area (Å²) in [6.45, 7) is 8.33. The van der Waals surface area contributed by atoms with Gasteiger partial charge in [-0.05, 0) is 68.7 Å². The molecule has 0 bridgehead atoms. The van der Waals surface area contributed by atoms with E-state index < -0.39 is 5.97 Å². The van der Waals surface area contributed by atoms with Gasteiger partial charge in [-0.1, -0.05) is 54.6 Å². The highest BCUT2D eigenvalue weighted by Crippen LogP contribution is 2.42. The van der Waals surface area contributed by atoms with E-state index in [1.165, 1.54) is 0 Å². The predicted molar refractivity (Wildman–Crippen MR) is 164 cm³/mol. The van der Waals surface area contributed by atoms with Crippen LogP contribution in [0.4, 0.5) is 17.1 Å². The Balaban J connectivity index is 0.00000353. The first-order valence-electron chi connectivity index (χ1n) is 13.6. The number of aryl methyl sites for hydroxylation is 4. The fraction of sp³-hybridized carbons (Fsp3) is 0.111. The second-order valence-electron chi connectivity index (χ2n) is 10.5. The molecule has 210 valence electrons. The normalized spacial score (nSPS) is 11.5. The number of fused-ring (bicyclic) bond motifs is 2. The molecule has 1 aliphatic heterocycles. The van der Waals surface area contributed by atoms with Gasteiger partial charge in [-0.3, -0.25) is 0 Å². The second-order valence-corrected chi connectivity index (χ2v) is 10.5. The molecule has 6 heteroatoms. The van der Waals surface area contributed by atoms with Gasteiger partial charge in [0.15, 0.2) is 0 Å². The van der Waals surface area contributed by atoms with Gasteiger partial charge >= 0.3 is 5.97 Å². The summed E-state index contributed by atoms with van der Waals surface area (Å²) in [4.78, 5) is 15.8. The number of aromatic carboxylic acids is 1. The molecule has 6 rings (SSSR count). The first-order chi connectivity index (χ1) is 19.8. The van der Waals surface area contributed by atoms with Crippen molar-refractivity contribution in [3.05, 3.63) is 130 Å². The maximum absolute atomic E-state index is 12.3. The Bertz CT molecular complexity index is 1970. The maximum atomic E-state index is 12.3. The largest absolute Gasteiger partial charge is 1.00 e. The van der Waals surface area contributed by atoms with Crippen molar-refractivity contribution in [2.45, 2.75) is 27.7 Å². The number of nitrogens with one attached hydrogen (secondary N) is 2. The number of benzene rings is 5. The minimum absolute atomic E-state index is 0. The second kappa shape index (κ2) is 11.6. The smallest absolute Gasteiger partial charge is 0.336 e. The van der Waals surface area contributed by atoms with Crippen molar-refractivity contribution in [1.29, 1.82) is 0 Å². The third-order valence-corrected chi connectivity index (χ3v) is 7.65. The molecule has 3 N–H and O–H groups in total. The van der Waals surface area contributed by atoms with Gasteiger partial charge in [-0.25, -0.2) is 9.79 Å². The lowest BCUT2D eigenvalue weighted by Crippen LogP contribution is -3.00. The van der Waals surface area contributed by atoms with Gasteiger partial charge in [0.1, 0.15) is 11.3 Å². The summed E-state index contributed by atoms with van der Waals surface area (Å²) >= 11 is 0. The molecule has 5 nitrogen and oxygen atoms in total. The van der Waals surface area contributed by atoms with Gasteiger partial charge in [0.2, 0.25) is 11.0 Å². The lowest BCUT2D eigenvalue weighted by Gasteiger charge is -2.18. The summed E-state index contributed by atoms with van der Waals surface area (Å²) in [5.74, 6) is -0.308. The fourth-order valence-electron chi connectivity index (χ4n) is 5.54. The molecule has 42 heavy (non-hydrogen) atoms. The van der Waals surface area contributed by atoms with Crippen molar-refractivity contribution < 1.29 is 31.7 Å². The average Bonchev–Trinajstić information content (AvgIpc) is 2.95. The topological polar surface area (TPSA) is 76.4 Å². The van der Waals surface area contributed by atoms with Crippen LogP contribution in [0, 0.1) is 27.7 Å². The lowest BCUT2D eigenvalue weighted by atomic mass is 9.90. The number of carboxylic acids is 1. The third-order valence-electron chi connectivity index (χ3n) is 7.65. The van der Waals surface area contributed by atoms with Crippen molar-refractivity contribution >= 4 is 34.0 Å². The maximum Gasteiger partial charge on any atom is 0.336 e. The molecule has 0 atom stereocenters. The van der Waals surface area contributed by atoms with Crippen molar-refractivity contribution in [3.8, 4) is 22.5 Å². The van der Waals surface area contributed by atoms with Crippen LogP contribution in [0.2, 0.25) is 0 Å². The minimum Gasteiger partial charge on any atom is -1.00 e. The number of halogens is 1. The van der Waals surface area contributed by atoms with Crippen LogP contribution in [0.1, 0.15) is 32.6 Å². The molecule has 0 aromatic heterocycles. The summed E-state index contributed by atoms with van der Waals surface area (Å²) in [6.07, 6.45) is 0. The highest BCUT2D eigenvalue weighted by molar-refractivity contribution is 6.07. The van der Waals surface area contributed by atoms with Gasteiger partial charge in [-0.15, -0.1) is 0 Å². The third kappa shape index (κ3) is 5.27. The molecule has 0 amide bonds. The Labute approximate surface area is 251 Å². The van der Waals surface area contributed by atoms with Crippen molar-refractivity contribution in [1.82, 2.24) is 0 Å². The Hall–Kier alpha value is -4.87. The van der Waals surface area contributed by atoms with E-state index in [9.17, 15) is 9.90 Å². The number of para-hydroxylation sites is 2. The Morgan fingerprint density at radius 2 is 1.40 bits per heavy atom. The highest BCUT2D eigenvalue weighted by atomic mass is 35.5. The zero-order valence-corrected chi connectivity index (χ0v) is 24.6. The average molecular weight is 575 g/mol. The van der Waals surface area contributed by atoms with Crippen LogP contribution in [0.5, 0.6) is 0 Å². The first kappa shape index (κ1) is 28.7. The highest BCUT2D eigenvalue weighted by Gasteiger charge is 2.22. The van der Waals surface area contributed by atoms with Crippen LogP contribution in [-0.4, -0.2) is 11.1 Å². The molecule has 0 saturated carbocycles. The van der Waals surface area contributed by atoms with E-state index in [0.29, 0.717) is 16.9 Å². The molecule has 0 spiro atoms. The van der Waals surface area contributed by atoms with E-state index in [1.807, 2.05) is 60.7 Å². The van der Waals surface area contributed by atoms with Gasteiger partial charge < -0.3 is 27.2 Å². The number of carbonyl (C=O) groups is 1. The molecule has 0 unspecified atom stereocenters. The van der Waals surface area contributed by atoms with Crippen LogP contribution >= 0.6 is 0 Å². The standard InChI is InChI=1S/C36H30N2O3.ClH/c1-21-9-7-10-22(2)34(21)37-25-15-17-29-31(19-25)41-32-20-26(38-35-23(3)11-8-12-24(35)4)16-18-30(32)33(29)27-13-5-6-14-28(27)36(39)40;/h5-20,37H,1-4H3,(H,39,40);1H. The van der Waals surface area contributed by atoms with E-state index in [4.69, 9.17) is 4.42 Å². The number of hydrogen-bond acceptors (Lipinski definition) is 3. The van der Waals surface area contributed by atoms with Crippen molar-refractivity contribution in [2.75, 3.05) is 5.32 Å². The van der Waals surface area contributed by atoms with E-state index in [0.717, 1.165) is 61.2 Å². The van der Waals surface area contributed by atoms with Crippen LogP contribution < -0.4 is 28.1 Å². The molecule has 0 saturated heterocycles. The van der Waals surface area contributed by atoms with Crippen LogP contribution in [0.15, 0.2) is 101 Å². The zero-order chi connectivity index (χ0) is 28.7. The summed E-state index contributed by atoms with van der Waals surface area (Å²) < 4.78 is 6.56. The number of rotatable bonds is 5. The van der Waals surface area contributed by atoms with Crippen LogP contribution in [0.25, 0.3) is 33.4 Å². The molecule has 0 fully saturated rings. The molecular formula is C36H31ClN2O3. The fourth-order valence-corrected chi connectivity index (χ4v) is 5.54. The Morgan fingerprint density at radius 1 is 0.738 bits per heavy atom. The summed E-state index contributed by atoms with van der Waals surface area (Å²) in [5.41, 5.74) is 10.8. The molecule has 4 aromatic carbocycles. The van der Waals surface area contributed by atoms with Gasteiger partial charge in [0.25, 0.3) is 0 Å². The zero-order valence-electron chi connectivity index (χ0n) is 23.9. The predicted octanol–water partition coefficient (Wildman–Crippen LogP) is 4.20. The minimum atomic E-state index is -0.968. The van der Waals surface area contributed by atoms with Crippen LogP contribution in [-0.2, 0) is 0 Å². The van der Waals surface area contributed by atoms with E-state index in [1.54, 1.807) is 12.1 Å². The monoisotopic (exact) mass is 574 g/mol. The molecule has 1 heterocycles. The van der Waals surface area contributed by atoms with Crippen molar-refractivity contribution in [2.24, 2.45) is 0 Å². The lowest BCUT2D eigenvalue weighted by molar-refractivity contribution is -0.403. The quantitative estimate of drug-likeness (QED) is 0.270. The SMILES string of the molecule is Cc1cccc(C)c1Nc1ccc2c(-c3ccccc3C(=O)O)c3ccc(=[NH+]c4c(C)cccc4C)cc-3oc2c1.[Cl-]. The van der Waals surface area contributed by atoms with E-state index >= 15 is 0 Å². The Kier molecular flexibility index (Phi) is 7.88. The molecule has 1 aliphatic carbocycles. The summed E-state index contributed by atoms with van der Waals surface area (Å²) in [7, 11) is 0. The molecule has 0 radical (unpaired) electrons. The molecular weight excluding hydrogens is 544 g/mol. The summed E-state index contributed by atoms with van der Waals surface area (Å²) in [5, 5.41) is 15.3. The van der Waals surface area contributed by atoms with Crippen LogP contribution in [0.3, 0.4) is 0 Å². The molecule has 4 aromatic rings. The first-order valence-corrected chi connectivity index (χ1v) is 13.6. The number of anilines is 2. The number of hydrogen-bond donors (Lipinski definition) is 3. The Morgan fingerprint density at radius 3 is 2.10 bits per heavy atom. The summed E-state index contributed by atoms with van der Waals surface area (Å²) in [6, 6.07) is 31.6. The van der Waals surface area contributed by atoms with Gasteiger partial charge in [-0.2, -0.15) is 0 Å². The number of carboxylic acid groups (broad SMARTS) is 1.